The number of benzene rings is 3. The lowest BCUT2D eigenvalue weighted by molar-refractivity contribution is 0.649. The molecule has 0 nitrogen and oxygen atoms in total. The van der Waals surface area contributed by atoms with Gasteiger partial charge >= 0.3 is 0 Å². The normalized spacial score (nSPS) is 19.3. The summed E-state index contributed by atoms with van der Waals surface area (Å²) in [7, 11) is 0. The fourth-order valence-corrected chi connectivity index (χ4v) is 7.00. The van der Waals surface area contributed by atoms with Crippen LogP contribution in [0.4, 0.5) is 0 Å². The van der Waals surface area contributed by atoms with Crippen LogP contribution >= 0.6 is 0 Å². The van der Waals surface area contributed by atoms with E-state index >= 15 is 0 Å². The van der Waals surface area contributed by atoms with Crippen LogP contribution in [0.15, 0.2) is 173 Å². The number of aryl methyl sites for hydroxylation is 3. The molecule has 3 aromatic rings. The van der Waals surface area contributed by atoms with E-state index in [1.807, 2.05) is 6.08 Å². The first-order chi connectivity index (χ1) is 24.5. The first-order valence-electron chi connectivity index (χ1n) is 18.6. The number of hydrogen-bond acceptors (Lipinski definition) is 0. The van der Waals surface area contributed by atoms with Gasteiger partial charge in [0.1, 0.15) is 0 Å². The lowest BCUT2D eigenvalue weighted by Gasteiger charge is -2.28. The van der Waals surface area contributed by atoms with E-state index < -0.39 is 0 Å². The molecule has 0 N–H and O–H groups in total. The summed E-state index contributed by atoms with van der Waals surface area (Å²) >= 11 is 0. The molecule has 51 heavy (non-hydrogen) atoms. The lowest BCUT2D eigenvalue weighted by atomic mass is 9.76. The van der Waals surface area contributed by atoms with E-state index in [-0.39, 0.29) is 0 Å². The van der Waals surface area contributed by atoms with Crippen LogP contribution in [0.2, 0.25) is 0 Å². The zero-order chi connectivity index (χ0) is 36.5. The zero-order valence-corrected chi connectivity index (χ0v) is 32.2. The van der Waals surface area contributed by atoms with Crippen molar-refractivity contribution >= 4 is 17.2 Å². The van der Waals surface area contributed by atoms with Gasteiger partial charge in [-0.25, -0.2) is 0 Å². The molecule has 0 radical (unpaired) electrons. The van der Waals surface area contributed by atoms with Crippen LogP contribution in [-0.2, 0) is 0 Å². The fraction of sp³-hybridized carbons (Fsp3) is 0.255. The highest BCUT2D eigenvalue weighted by molar-refractivity contribution is 5.94. The molecule has 260 valence electrons. The van der Waals surface area contributed by atoms with Gasteiger partial charge in [-0.05, 0) is 136 Å². The van der Waals surface area contributed by atoms with E-state index in [4.69, 9.17) is 0 Å². The maximum Gasteiger partial charge on any atom is -0.0113 e. The Morgan fingerprint density at radius 2 is 1.39 bits per heavy atom. The van der Waals surface area contributed by atoms with Crippen LogP contribution in [-0.4, -0.2) is 0 Å². The first-order valence-corrected chi connectivity index (χ1v) is 18.6. The minimum Gasteiger partial charge on any atom is -0.0988 e. The number of rotatable bonds is 11. The van der Waals surface area contributed by atoms with E-state index in [1.165, 1.54) is 78.0 Å². The van der Waals surface area contributed by atoms with E-state index in [0.717, 1.165) is 24.8 Å². The molecule has 5 rings (SSSR count). The van der Waals surface area contributed by atoms with Gasteiger partial charge in [-0.2, -0.15) is 0 Å². The van der Waals surface area contributed by atoms with Gasteiger partial charge in [-0.1, -0.05) is 174 Å². The summed E-state index contributed by atoms with van der Waals surface area (Å²) in [5, 5.41) is 0. The van der Waals surface area contributed by atoms with Crippen LogP contribution in [0, 0.1) is 32.6 Å². The molecule has 0 amide bonds. The van der Waals surface area contributed by atoms with Crippen LogP contribution in [0.3, 0.4) is 0 Å². The molecule has 0 heterocycles. The van der Waals surface area contributed by atoms with Gasteiger partial charge in [-0.3, -0.25) is 0 Å². The monoisotopic (exact) mass is 668 g/mol. The molecular formula is C51H56. The minimum atomic E-state index is 0.382. The van der Waals surface area contributed by atoms with E-state index in [0.29, 0.717) is 11.8 Å². The zero-order valence-electron chi connectivity index (χ0n) is 32.2. The molecule has 2 atom stereocenters. The smallest absolute Gasteiger partial charge is 0.0113 e. The third kappa shape index (κ3) is 9.86. The Labute approximate surface area is 309 Å². The molecule has 0 saturated carbocycles. The van der Waals surface area contributed by atoms with Gasteiger partial charge in [0.25, 0.3) is 0 Å². The summed E-state index contributed by atoms with van der Waals surface area (Å²) in [6.07, 6.45) is 25.9. The van der Waals surface area contributed by atoms with Crippen molar-refractivity contribution < 1.29 is 0 Å². The highest BCUT2D eigenvalue weighted by Gasteiger charge is 2.25. The summed E-state index contributed by atoms with van der Waals surface area (Å²) in [5.41, 5.74) is 19.4. The lowest BCUT2D eigenvalue weighted by Crippen LogP contribution is -2.11. The van der Waals surface area contributed by atoms with Crippen molar-refractivity contribution in [2.45, 2.75) is 74.7 Å². The van der Waals surface area contributed by atoms with E-state index in [1.54, 1.807) is 0 Å². The molecule has 0 heteroatoms. The van der Waals surface area contributed by atoms with Gasteiger partial charge in [0.05, 0.1) is 0 Å². The van der Waals surface area contributed by atoms with Crippen LogP contribution in [0.5, 0.6) is 0 Å². The summed E-state index contributed by atoms with van der Waals surface area (Å²) in [6, 6.07) is 27.2. The molecule has 0 aliphatic heterocycles. The van der Waals surface area contributed by atoms with Gasteiger partial charge < -0.3 is 0 Å². The Hall–Kier alpha value is -4.94. The van der Waals surface area contributed by atoms with Crippen molar-refractivity contribution in [1.82, 2.24) is 0 Å². The molecule has 2 aliphatic rings. The van der Waals surface area contributed by atoms with Gasteiger partial charge in [0.15, 0.2) is 0 Å². The van der Waals surface area contributed by atoms with Crippen molar-refractivity contribution in [2.75, 3.05) is 0 Å². The topological polar surface area (TPSA) is 0 Å². The van der Waals surface area contributed by atoms with Gasteiger partial charge in [0, 0.05) is 0 Å². The third-order valence-corrected chi connectivity index (χ3v) is 10.4. The second-order valence-corrected chi connectivity index (χ2v) is 14.8. The van der Waals surface area contributed by atoms with Crippen molar-refractivity contribution in [3.8, 4) is 0 Å². The number of hydrogen-bond donors (Lipinski definition) is 0. The van der Waals surface area contributed by atoms with Gasteiger partial charge in [-0.15, -0.1) is 0 Å². The third-order valence-electron chi connectivity index (χ3n) is 10.4. The maximum atomic E-state index is 4.04. The molecule has 0 aromatic heterocycles. The fourth-order valence-electron chi connectivity index (χ4n) is 7.00. The van der Waals surface area contributed by atoms with Crippen LogP contribution in [0.1, 0.15) is 87.3 Å². The van der Waals surface area contributed by atoms with Crippen molar-refractivity contribution in [3.63, 3.8) is 0 Å². The van der Waals surface area contributed by atoms with Crippen LogP contribution in [0.25, 0.3) is 17.2 Å². The Balaban J connectivity index is 1.94. The Kier molecular flexibility index (Phi) is 12.7. The maximum absolute atomic E-state index is 4.04. The van der Waals surface area contributed by atoms with Crippen molar-refractivity contribution in [1.29, 1.82) is 0 Å². The van der Waals surface area contributed by atoms with Gasteiger partial charge in [0.2, 0.25) is 0 Å². The molecule has 0 bridgehead atoms. The first kappa shape index (κ1) is 37.3. The largest absolute Gasteiger partial charge is 0.0988 e. The molecule has 2 unspecified atom stereocenters. The highest BCUT2D eigenvalue weighted by atomic mass is 14.3. The van der Waals surface area contributed by atoms with E-state index in [9.17, 15) is 0 Å². The minimum absolute atomic E-state index is 0.382. The second-order valence-electron chi connectivity index (χ2n) is 14.8. The number of allylic oxidation sites excluding steroid dienone is 18. The van der Waals surface area contributed by atoms with Crippen molar-refractivity contribution in [2.24, 2.45) is 11.8 Å². The van der Waals surface area contributed by atoms with Crippen LogP contribution < -0.4 is 0 Å². The second kappa shape index (κ2) is 17.3. The molecule has 3 aromatic carbocycles. The standard InChI is InChI=1S/C51H56/c1-10-35(2)13-12-16-48(51(47-30-23-40(7)41(8)32-47)42(9)45-26-19-37(4)20-27-45)50(34-44-15-11-14-39(6)31-44)49(46-28-21-38(5)22-29-46)33-43-24-17-36(3)18-25-43/h10-14,16-31,33,41,44H,1,15,32,34H2,2-9H3/b16-12+,35-13-,49-33+,50-48-,51-42+. The summed E-state index contributed by atoms with van der Waals surface area (Å²) in [5.74, 6) is 0.851. The highest BCUT2D eigenvalue weighted by Crippen LogP contribution is 2.44. The predicted octanol–water partition coefficient (Wildman–Crippen LogP) is 14.4. The Bertz CT molecular complexity index is 2000. The summed E-state index contributed by atoms with van der Waals surface area (Å²) in [4.78, 5) is 0. The summed E-state index contributed by atoms with van der Waals surface area (Å²) in [6.45, 7) is 21.9. The molecule has 0 saturated heterocycles. The summed E-state index contributed by atoms with van der Waals surface area (Å²) < 4.78 is 0. The van der Waals surface area contributed by atoms with Crippen molar-refractivity contribution in [3.05, 3.63) is 206 Å². The molecule has 0 fully saturated rings. The Morgan fingerprint density at radius 1 is 0.784 bits per heavy atom. The average Bonchev–Trinajstić information content (AvgIpc) is 3.12. The molecule has 2 aliphatic carbocycles. The molecular weight excluding hydrogens is 613 g/mol. The quantitative estimate of drug-likeness (QED) is 0.141. The predicted molar refractivity (Wildman–Crippen MR) is 225 cm³/mol. The SMILES string of the molecule is C=C\C(C)=C/C=C/C(=C(CC1C=C(C)C=CC1)/C(=C/c1ccc(C)cc1)c1ccc(C)cc1)C(/C1=CC=C(C)C(C)C1)=C(\C)c1ccc(C)cc1. The average molecular weight is 669 g/mol. The molecule has 0 spiro atoms. The Morgan fingerprint density at radius 3 is 1.98 bits per heavy atom. The van der Waals surface area contributed by atoms with E-state index in [2.05, 4.69) is 189 Å².